The van der Waals surface area contributed by atoms with Crippen molar-refractivity contribution in [2.24, 2.45) is 0 Å². The Morgan fingerprint density at radius 3 is 1.83 bits per heavy atom. The van der Waals surface area contributed by atoms with Gasteiger partial charge in [-0.3, -0.25) is 4.98 Å². The van der Waals surface area contributed by atoms with Crippen LogP contribution in [0.25, 0.3) is 0 Å². The molecule has 0 atom stereocenters. The predicted octanol–water partition coefficient (Wildman–Crippen LogP) is 1.20. The molecule has 0 fully saturated rings. The van der Waals surface area contributed by atoms with Gasteiger partial charge in [0.1, 0.15) is 6.33 Å². The van der Waals surface area contributed by atoms with Gasteiger partial charge in [0.25, 0.3) is 0 Å². The van der Waals surface area contributed by atoms with Crippen molar-refractivity contribution in [1.29, 1.82) is 0 Å². The molecular weight excluding hydrogens is 154 g/mol. The lowest BCUT2D eigenvalue weighted by Crippen LogP contribution is -1.79. The minimum absolute atomic E-state index is 0.889. The quantitative estimate of drug-likeness (QED) is 0.594. The fraction of sp³-hybridized carbons (Fsp3) is 0. The van der Waals surface area contributed by atoms with Gasteiger partial charge in [0.05, 0.1) is 6.20 Å². The number of hydrogen-bond acceptors (Lipinski definition) is 3. The highest BCUT2D eigenvalue weighted by atomic mass is 16.5. The molecule has 62 valence electrons. The molecule has 0 saturated heterocycles. The lowest BCUT2D eigenvalue weighted by Gasteiger charge is -1.77. The molecule has 2 aromatic rings. The Hall–Kier alpha value is -1.84. The van der Waals surface area contributed by atoms with E-state index >= 15 is 0 Å². The van der Waals surface area contributed by atoms with Gasteiger partial charge in [0, 0.05) is 18.6 Å². The summed E-state index contributed by atoms with van der Waals surface area (Å²) in [5.74, 6) is 0. The zero-order valence-corrected chi connectivity index (χ0v) is 6.41. The van der Waals surface area contributed by atoms with Crippen LogP contribution in [0, 0.1) is 0 Å². The SMILES string of the molecule is On1ccnc1.c1ccncc1. The summed E-state index contributed by atoms with van der Waals surface area (Å²) in [4.78, 5) is 7.32. The first kappa shape index (κ1) is 8.26. The normalized spacial score (nSPS) is 8.33. The molecule has 0 aliphatic carbocycles. The molecule has 2 aromatic heterocycles. The maximum absolute atomic E-state index is 8.33. The van der Waals surface area contributed by atoms with Gasteiger partial charge in [-0.05, 0) is 12.1 Å². The van der Waals surface area contributed by atoms with Crippen LogP contribution in [0.4, 0.5) is 0 Å². The van der Waals surface area contributed by atoms with E-state index in [1.54, 1.807) is 12.4 Å². The summed E-state index contributed by atoms with van der Waals surface area (Å²) in [6, 6.07) is 5.72. The largest absolute Gasteiger partial charge is 0.427 e. The molecular formula is C8H9N3O. The molecule has 0 radical (unpaired) electrons. The summed E-state index contributed by atoms with van der Waals surface area (Å²) in [5, 5.41) is 8.33. The van der Waals surface area contributed by atoms with Crippen LogP contribution in [0.5, 0.6) is 0 Å². The fourth-order valence-electron chi connectivity index (χ4n) is 0.565. The number of nitrogens with zero attached hydrogens (tertiary/aromatic N) is 3. The Bertz CT molecular complexity index is 254. The van der Waals surface area contributed by atoms with Crippen molar-refractivity contribution in [2.75, 3.05) is 0 Å². The first-order chi connectivity index (χ1) is 5.89. The zero-order valence-electron chi connectivity index (χ0n) is 6.41. The number of rotatable bonds is 0. The third kappa shape index (κ3) is 3.36. The van der Waals surface area contributed by atoms with E-state index in [4.69, 9.17) is 5.21 Å². The van der Waals surface area contributed by atoms with E-state index < -0.39 is 0 Å². The molecule has 0 spiro atoms. The van der Waals surface area contributed by atoms with Crippen molar-refractivity contribution in [3.8, 4) is 0 Å². The molecule has 0 aliphatic heterocycles. The number of hydrogen-bond donors (Lipinski definition) is 1. The maximum Gasteiger partial charge on any atom is 0.131 e. The summed E-state index contributed by atoms with van der Waals surface area (Å²) in [7, 11) is 0. The monoisotopic (exact) mass is 163 g/mol. The third-order valence-electron chi connectivity index (χ3n) is 1.06. The van der Waals surface area contributed by atoms with Crippen LogP contribution in [0.3, 0.4) is 0 Å². The second-order valence-corrected chi connectivity index (χ2v) is 1.97. The zero-order chi connectivity index (χ0) is 8.65. The Morgan fingerprint density at radius 2 is 1.67 bits per heavy atom. The average Bonchev–Trinajstić information content (AvgIpc) is 2.60. The lowest BCUT2D eigenvalue weighted by molar-refractivity contribution is 0.186. The standard InChI is InChI=1S/C5H5N.C3H4N2O/c1-2-4-6-5-3-1;6-5-2-1-4-3-5/h1-5H;1-3,6H. The van der Waals surface area contributed by atoms with Crippen LogP contribution < -0.4 is 0 Å². The second-order valence-electron chi connectivity index (χ2n) is 1.97. The van der Waals surface area contributed by atoms with Gasteiger partial charge in [0.2, 0.25) is 0 Å². The summed E-state index contributed by atoms with van der Waals surface area (Å²) < 4.78 is 0.889. The predicted molar refractivity (Wildman–Crippen MR) is 43.6 cm³/mol. The average molecular weight is 163 g/mol. The van der Waals surface area contributed by atoms with Gasteiger partial charge in [-0.15, -0.1) is 0 Å². The maximum atomic E-state index is 8.33. The summed E-state index contributed by atoms with van der Waals surface area (Å²) in [5.41, 5.74) is 0. The highest BCUT2D eigenvalue weighted by Gasteiger charge is 1.71. The van der Waals surface area contributed by atoms with Crippen LogP contribution in [0.15, 0.2) is 49.3 Å². The highest BCUT2D eigenvalue weighted by molar-refractivity contribution is 4.88. The van der Waals surface area contributed by atoms with Crippen molar-refractivity contribution in [3.05, 3.63) is 49.3 Å². The topological polar surface area (TPSA) is 50.9 Å². The Morgan fingerprint density at radius 1 is 0.917 bits per heavy atom. The molecule has 0 aromatic carbocycles. The van der Waals surface area contributed by atoms with Crippen LogP contribution in [-0.2, 0) is 0 Å². The molecule has 4 nitrogen and oxygen atoms in total. The summed E-state index contributed by atoms with van der Waals surface area (Å²) >= 11 is 0. The van der Waals surface area contributed by atoms with Crippen LogP contribution >= 0.6 is 0 Å². The van der Waals surface area contributed by atoms with Crippen LogP contribution in [0.2, 0.25) is 0 Å². The molecule has 0 saturated carbocycles. The van der Waals surface area contributed by atoms with E-state index in [2.05, 4.69) is 9.97 Å². The molecule has 0 aliphatic rings. The third-order valence-corrected chi connectivity index (χ3v) is 1.06. The smallest absolute Gasteiger partial charge is 0.131 e. The highest BCUT2D eigenvalue weighted by Crippen LogP contribution is 1.73. The van der Waals surface area contributed by atoms with E-state index in [1.807, 2.05) is 18.2 Å². The Kier molecular flexibility index (Phi) is 3.37. The first-order valence-corrected chi connectivity index (χ1v) is 3.42. The molecule has 4 heteroatoms. The van der Waals surface area contributed by atoms with Gasteiger partial charge in [-0.25, -0.2) is 4.98 Å². The molecule has 2 rings (SSSR count). The van der Waals surface area contributed by atoms with Gasteiger partial charge < -0.3 is 5.21 Å². The van der Waals surface area contributed by atoms with E-state index in [9.17, 15) is 0 Å². The molecule has 12 heavy (non-hydrogen) atoms. The van der Waals surface area contributed by atoms with Gasteiger partial charge >= 0.3 is 0 Å². The molecule has 1 N–H and O–H groups in total. The number of imidazole rings is 1. The minimum Gasteiger partial charge on any atom is -0.427 e. The van der Waals surface area contributed by atoms with Gasteiger partial charge in [-0.1, -0.05) is 6.07 Å². The molecule has 0 unspecified atom stereocenters. The first-order valence-electron chi connectivity index (χ1n) is 3.42. The summed E-state index contributed by atoms with van der Waals surface area (Å²) in [6.45, 7) is 0. The summed E-state index contributed by atoms with van der Waals surface area (Å²) in [6.07, 6.45) is 7.75. The minimum atomic E-state index is 0.889. The van der Waals surface area contributed by atoms with Crippen molar-refractivity contribution >= 4 is 0 Å². The van der Waals surface area contributed by atoms with Crippen LogP contribution in [0.1, 0.15) is 0 Å². The Labute approximate surface area is 70.1 Å². The van der Waals surface area contributed by atoms with Crippen molar-refractivity contribution in [2.45, 2.75) is 0 Å². The fourth-order valence-corrected chi connectivity index (χ4v) is 0.565. The molecule has 0 amide bonds. The van der Waals surface area contributed by atoms with E-state index in [1.165, 1.54) is 18.7 Å². The van der Waals surface area contributed by atoms with E-state index in [0.29, 0.717) is 0 Å². The number of pyridine rings is 1. The van der Waals surface area contributed by atoms with Crippen LogP contribution in [-0.4, -0.2) is 19.9 Å². The van der Waals surface area contributed by atoms with Gasteiger partial charge in [-0.2, -0.15) is 4.73 Å². The lowest BCUT2D eigenvalue weighted by atomic mass is 10.5. The van der Waals surface area contributed by atoms with E-state index in [-0.39, 0.29) is 0 Å². The second kappa shape index (κ2) is 4.90. The van der Waals surface area contributed by atoms with Crippen molar-refractivity contribution < 1.29 is 5.21 Å². The van der Waals surface area contributed by atoms with Crippen molar-refractivity contribution in [3.63, 3.8) is 0 Å². The molecule has 2 heterocycles. The van der Waals surface area contributed by atoms with Crippen molar-refractivity contribution in [1.82, 2.24) is 14.7 Å². The van der Waals surface area contributed by atoms with E-state index in [0.717, 1.165) is 4.73 Å². The molecule has 0 bridgehead atoms. The number of aromatic nitrogens is 3. The Balaban J connectivity index is 0.000000120. The van der Waals surface area contributed by atoms with Gasteiger partial charge in [0.15, 0.2) is 0 Å².